The molecule has 1 heterocycles. The lowest BCUT2D eigenvalue weighted by Gasteiger charge is -2.12. The molecule has 98 valence electrons. The van der Waals surface area contributed by atoms with Crippen LogP contribution in [0.5, 0.6) is 0 Å². The smallest absolute Gasteiger partial charge is 0.226 e. The van der Waals surface area contributed by atoms with Gasteiger partial charge in [-0.2, -0.15) is 9.29 Å². The van der Waals surface area contributed by atoms with E-state index in [0.29, 0.717) is 24.1 Å². The van der Waals surface area contributed by atoms with Crippen molar-refractivity contribution in [1.82, 2.24) is 14.4 Å². The molecule has 0 aromatic carbocycles. The van der Waals surface area contributed by atoms with Crippen LogP contribution in [0.3, 0.4) is 0 Å². The fraction of sp³-hybridized carbons (Fsp3) is 0.800. The van der Waals surface area contributed by atoms with Crippen LogP contribution in [-0.4, -0.2) is 35.7 Å². The summed E-state index contributed by atoms with van der Waals surface area (Å²) >= 11 is 0. The molecule has 0 saturated heterocycles. The molecule has 0 aliphatic carbocycles. The number of aromatic nitrogens is 2. The fourth-order valence-corrected chi connectivity index (χ4v) is 2.06. The Bertz CT molecular complexity index is 453. The SMILES string of the molecule is CCS(=O)(=O)N(C)Cc1noc(CC(C)C)n1. The van der Waals surface area contributed by atoms with E-state index in [1.54, 1.807) is 6.92 Å². The van der Waals surface area contributed by atoms with Crippen molar-refractivity contribution >= 4 is 10.0 Å². The molecule has 0 aliphatic heterocycles. The van der Waals surface area contributed by atoms with E-state index in [9.17, 15) is 8.42 Å². The molecule has 1 rings (SSSR count). The van der Waals surface area contributed by atoms with Gasteiger partial charge in [-0.25, -0.2) is 8.42 Å². The van der Waals surface area contributed by atoms with Crippen molar-refractivity contribution in [3.8, 4) is 0 Å². The zero-order chi connectivity index (χ0) is 13.1. The van der Waals surface area contributed by atoms with Gasteiger partial charge in [-0.1, -0.05) is 19.0 Å². The Balaban J connectivity index is 2.67. The molecule has 17 heavy (non-hydrogen) atoms. The second kappa shape index (κ2) is 5.59. The van der Waals surface area contributed by atoms with Gasteiger partial charge in [-0.15, -0.1) is 0 Å². The van der Waals surface area contributed by atoms with Gasteiger partial charge in [0.15, 0.2) is 5.82 Å². The first-order chi connectivity index (χ1) is 7.85. The van der Waals surface area contributed by atoms with E-state index in [1.807, 2.05) is 0 Å². The predicted molar refractivity (Wildman–Crippen MR) is 63.8 cm³/mol. The summed E-state index contributed by atoms with van der Waals surface area (Å²) in [5.41, 5.74) is 0. The van der Waals surface area contributed by atoms with Crippen molar-refractivity contribution in [2.75, 3.05) is 12.8 Å². The molecule has 0 unspecified atom stereocenters. The van der Waals surface area contributed by atoms with Crippen LogP contribution in [0.1, 0.15) is 32.5 Å². The van der Waals surface area contributed by atoms with E-state index < -0.39 is 10.0 Å². The highest BCUT2D eigenvalue weighted by Crippen LogP contribution is 2.08. The first-order valence-corrected chi connectivity index (χ1v) is 7.21. The van der Waals surface area contributed by atoms with Crippen molar-refractivity contribution in [3.63, 3.8) is 0 Å². The van der Waals surface area contributed by atoms with Gasteiger partial charge >= 0.3 is 0 Å². The Morgan fingerprint density at radius 1 is 1.41 bits per heavy atom. The molecule has 7 heteroatoms. The summed E-state index contributed by atoms with van der Waals surface area (Å²) in [6.45, 7) is 5.86. The second-order valence-electron chi connectivity index (χ2n) is 4.36. The molecule has 0 radical (unpaired) electrons. The molecule has 0 atom stereocenters. The number of sulfonamides is 1. The van der Waals surface area contributed by atoms with Gasteiger partial charge in [0.25, 0.3) is 0 Å². The van der Waals surface area contributed by atoms with Gasteiger partial charge in [0.2, 0.25) is 15.9 Å². The largest absolute Gasteiger partial charge is 0.339 e. The fourth-order valence-electron chi connectivity index (χ4n) is 1.30. The number of rotatable bonds is 6. The molecule has 0 bridgehead atoms. The highest BCUT2D eigenvalue weighted by Gasteiger charge is 2.18. The normalized spacial score (nSPS) is 12.6. The maximum Gasteiger partial charge on any atom is 0.226 e. The molecule has 0 spiro atoms. The molecule has 1 aromatic heterocycles. The quantitative estimate of drug-likeness (QED) is 0.765. The maximum absolute atomic E-state index is 11.5. The minimum atomic E-state index is -3.20. The number of hydrogen-bond acceptors (Lipinski definition) is 5. The number of nitrogens with zero attached hydrogens (tertiary/aromatic N) is 3. The van der Waals surface area contributed by atoms with E-state index in [0.717, 1.165) is 0 Å². The predicted octanol–water partition coefficient (Wildman–Crippen LogP) is 1.05. The third-order valence-electron chi connectivity index (χ3n) is 2.30. The lowest BCUT2D eigenvalue weighted by atomic mass is 10.1. The van der Waals surface area contributed by atoms with Gasteiger partial charge in [0.05, 0.1) is 12.3 Å². The monoisotopic (exact) mass is 261 g/mol. The first kappa shape index (κ1) is 14.1. The summed E-state index contributed by atoms with van der Waals surface area (Å²) in [4.78, 5) is 4.15. The van der Waals surface area contributed by atoms with E-state index in [-0.39, 0.29) is 12.3 Å². The van der Waals surface area contributed by atoms with Crippen LogP contribution >= 0.6 is 0 Å². The molecule has 6 nitrogen and oxygen atoms in total. The summed E-state index contributed by atoms with van der Waals surface area (Å²) in [5.74, 6) is 1.46. The molecule has 0 aliphatic rings. The Hall–Kier alpha value is -0.950. The van der Waals surface area contributed by atoms with Crippen LogP contribution in [0.15, 0.2) is 4.52 Å². The van der Waals surface area contributed by atoms with Crippen molar-refractivity contribution < 1.29 is 12.9 Å². The van der Waals surface area contributed by atoms with Gasteiger partial charge in [0, 0.05) is 13.5 Å². The molecule has 0 amide bonds. The first-order valence-electron chi connectivity index (χ1n) is 5.60. The maximum atomic E-state index is 11.5. The topological polar surface area (TPSA) is 76.3 Å². The Morgan fingerprint density at radius 2 is 2.06 bits per heavy atom. The summed E-state index contributed by atoms with van der Waals surface area (Å²) in [7, 11) is -1.69. The van der Waals surface area contributed by atoms with Gasteiger partial charge in [-0.05, 0) is 12.8 Å². The van der Waals surface area contributed by atoms with Gasteiger partial charge in [-0.3, -0.25) is 0 Å². The summed E-state index contributed by atoms with van der Waals surface area (Å²) in [6, 6.07) is 0. The molecule has 0 N–H and O–H groups in total. The van der Waals surface area contributed by atoms with Crippen molar-refractivity contribution in [2.24, 2.45) is 5.92 Å². The lowest BCUT2D eigenvalue weighted by molar-refractivity contribution is 0.353. The van der Waals surface area contributed by atoms with Crippen LogP contribution in [-0.2, 0) is 23.0 Å². The Kier molecular flexibility index (Phi) is 4.64. The summed E-state index contributed by atoms with van der Waals surface area (Å²) < 4.78 is 29.3. The van der Waals surface area contributed by atoms with Crippen molar-refractivity contribution in [3.05, 3.63) is 11.7 Å². The summed E-state index contributed by atoms with van der Waals surface area (Å²) in [5, 5.41) is 3.76. The van der Waals surface area contributed by atoms with Crippen LogP contribution in [0.2, 0.25) is 0 Å². The second-order valence-corrected chi connectivity index (χ2v) is 6.72. The molecule has 1 aromatic rings. The third kappa shape index (κ3) is 4.08. The molecule has 0 saturated carbocycles. The molecular weight excluding hydrogens is 242 g/mol. The lowest BCUT2D eigenvalue weighted by Crippen LogP contribution is -2.28. The molecule has 0 fully saturated rings. The van der Waals surface area contributed by atoms with Crippen LogP contribution in [0.4, 0.5) is 0 Å². The minimum absolute atomic E-state index is 0.0696. The average molecular weight is 261 g/mol. The van der Waals surface area contributed by atoms with Gasteiger partial charge in [0.1, 0.15) is 0 Å². The minimum Gasteiger partial charge on any atom is -0.339 e. The highest BCUT2D eigenvalue weighted by atomic mass is 32.2. The zero-order valence-electron chi connectivity index (χ0n) is 10.7. The van der Waals surface area contributed by atoms with Gasteiger partial charge < -0.3 is 4.52 Å². The van der Waals surface area contributed by atoms with Crippen molar-refractivity contribution in [1.29, 1.82) is 0 Å². The Morgan fingerprint density at radius 3 is 2.59 bits per heavy atom. The van der Waals surface area contributed by atoms with Crippen LogP contribution in [0.25, 0.3) is 0 Å². The standard InChI is InChI=1S/C10H19N3O3S/c1-5-17(14,15)13(4)7-9-11-10(16-12-9)6-8(2)3/h8H,5-7H2,1-4H3. The average Bonchev–Trinajstić information content (AvgIpc) is 2.64. The van der Waals surface area contributed by atoms with Crippen LogP contribution < -0.4 is 0 Å². The van der Waals surface area contributed by atoms with E-state index in [4.69, 9.17) is 4.52 Å². The van der Waals surface area contributed by atoms with Crippen molar-refractivity contribution in [2.45, 2.75) is 33.7 Å². The van der Waals surface area contributed by atoms with E-state index in [2.05, 4.69) is 24.0 Å². The number of hydrogen-bond donors (Lipinski definition) is 0. The van der Waals surface area contributed by atoms with Crippen LogP contribution in [0, 0.1) is 5.92 Å². The third-order valence-corrected chi connectivity index (χ3v) is 4.11. The Labute approximate surface area is 102 Å². The molecular formula is C10H19N3O3S. The van der Waals surface area contributed by atoms with E-state index >= 15 is 0 Å². The zero-order valence-corrected chi connectivity index (χ0v) is 11.5. The summed E-state index contributed by atoms with van der Waals surface area (Å²) in [6.07, 6.45) is 0.706. The highest BCUT2D eigenvalue weighted by molar-refractivity contribution is 7.89. The van der Waals surface area contributed by atoms with E-state index in [1.165, 1.54) is 11.4 Å².